The van der Waals surface area contributed by atoms with E-state index in [0.29, 0.717) is 0 Å². The molecule has 0 atom stereocenters. The van der Waals surface area contributed by atoms with Crippen molar-refractivity contribution in [2.24, 2.45) is 0 Å². The fourth-order valence-electron chi connectivity index (χ4n) is 1.70. The van der Waals surface area contributed by atoms with Crippen LogP contribution in [0.2, 0.25) is 0 Å². The smallest absolute Gasteiger partial charge is 0.122 e. The number of hydrogen-bond acceptors (Lipinski definition) is 2. The number of benzene rings is 1. The van der Waals surface area contributed by atoms with Gasteiger partial charge in [-0.25, -0.2) is 0 Å². The Balaban J connectivity index is 2.72. The molecular weight excluding hydrogens is 186 g/mol. The van der Waals surface area contributed by atoms with Gasteiger partial charge in [-0.05, 0) is 50.0 Å². The molecule has 0 aliphatic rings. The van der Waals surface area contributed by atoms with Gasteiger partial charge in [0.2, 0.25) is 0 Å². The molecule has 0 saturated heterocycles. The lowest BCUT2D eigenvalue weighted by Gasteiger charge is -2.10. The summed E-state index contributed by atoms with van der Waals surface area (Å²) in [7, 11) is 3.72. The van der Waals surface area contributed by atoms with Crippen molar-refractivity contribution in [2.75, 3.05) is 20.7 Å². The summed E-state index contributed by atoms with van der Waals surface area (Å²) < 4.78 is 5.36. The van der Waals surface area contributed by atoms with Crippen molar-refractivity contribution < 1.29 is 4.74 Å². The lowest BCUT2D eigenvalue weighted by atomic mass is 10.0. The van der Waals surface area contributed by atoms with Gasteiger partial charge in [0, 0.05) is 0 Å². The van der Waals surface area contributed by atoms with E-state index in [2.05, 4.69) is 30.4 Å². The van der Waals surface area contributed by atoms with Gasteiger partial charge in [-0.3, -0.25) is 0 Å². The first kappa shape index (κ1) is 12.1. The molecule has 2 heteroatoms. The quantitative estimate of drug-likeness (QED) is 0.723. The maximum atomic E-state index is 5.36. The highest BCUT2D eigenvalue weighted by Gasteiger charge is 2.03. The topological polar surface area (TPSA) is 21.3 Å². The van der Waals surface area contributed by atoms with E-state index in [9.17, 15) is 0 Å². The molecule has 0 aromatic heterocycles. The van der Waals surface area contributed by atoms with Gasteiger partial charge in [0.15, 0.2) is 0 Å². The molecule has 0 aliphatic carbocycles. The van der Waals surface area contributed by atoms with Crippen molar-refractivity contribution >= 4 is 0 Å². The van der Waals surface area contributed by atoms with Gasteiger partial charge in [0.1, 0.15) is 5.75 Å². The monoisotopic (exact) mass is 207 g/mol. The predicted octanol–water partition coefficient (Wildman–Crippen LogP) is 2.41. The third-order valence-electron chi connectivity index (χ3n) is 2.63. The van der Waals surface area contributed by atoms with E-state index in [0.717, 1.165) is 31.6 Å². The third-order valence-corrected chi connectivity index (χ3v) is 2.63. The number of rotatable bonds is 6. The van der Waals surface area contributed by atoms with Crippen LogP contribution in [0.25, 0.3) is 0 Å². The summed E-state index contributed by atoms with van der Waals surface area (Å²) in [5.74, 6) is 1.02. The van der Waals surface area contributed by atoms with E-state index < -0.39 is 0 Å². The molecule has 0 radical (unpaired) electrons. The number of methoxy groups -OCH3 is 1. The maximum Gasteiger partial charge on any atom is 0.122 e. The van der Waals surface area contributed by atoms with Crippen LogP contribution in [0.4, 0.5) is 0 Å². The van der Waals surface area contributed by atoms with Gasteiger partial charge < -0.3 is 10.1 Å². The van der Waals surface area contributed by atoms with Crippen molar-refractivity contribution in [3.63, 3.8) is 0 Å². The molecule has 1 N–H and O–H groups in total. The van der Waals surface area contributed by atoms with Gasteiger partial charge in [-0.1, -0.05) is 19.1 Å². The van der Waals surface area contributed by atoms with Crippen LogP contribution in [0.3, 0.4) is 0 Å². The molecule has 1 rings (SSSR count). The number of hydrogen-bond donors (Lipinski definition) is 1. The van der Waals surface area contributed by atoms with Crippen molar-refractivity contribution in [3.05, 3.63) is 29.3 Å². The van der Waals surface area contributed by atoms with Gasteiger partial charge in [0.05, 0.1) is 7.11 Å². The first-order valence-corrected chi connectivity index (χ1v) is 5.62. The standard InChI is InChI=1S/C13H21NO/c1-4-11-7-8-13(15-3)12(10-11)6-5-9-14-2/h7-8,10,14H,4-6,9H2,1-3H3. The van der Waals surface area contributed by atoms with Gasteiger partial charge >= 0.3 is 0 Å². The molecule has 84 valence electrons. The molecule has 0 unspecified atom stereocenters. The zero-order chi connectivity index (χ0) is 11.1. The summed E-state index contributed by atoms with van der Waals surface area (Å²) >= 11 is 0. The van der Waals surface area contributed by atoms with E-state index in [1.807, 2.05) is 7.05 Å². The fourth-order valence-corrected chi connectivity index (χ4v) is 1.70. The van der Waals surface area contributed by atoms with Crippen LogP contribution < -0.4 is 10.1 Å². The van der Waals surface area contributed by atoms with Crippen LogP contribution in [-0.2, 0) is 12.8 Å². The van der Waals surface area contributed by atoms with E-state index in [-0.39, 0.29) is 0 Å². The number of nitrogens with one attached hydrogen (secondary N) is 1. The summed E-state index contributed by atoms with van der Waals surface area (Å²) in [5, 5.41) is 3.16. The molecule has 0 heterocycles. The van der Waals surface area contributed by atoms with Crippen molar-refractivity contribution in [2.45, 2.75) is 26.2 Å². The van der Waals surface area contributed by atoms with Crippen molar-refractivity contribution in [3.8, 4) is 5.75 Å². The Labute approximate surface area is 92.6 Å². The molecule has 0 saturated carbocycles. The summed E-state index contributed by atoms with van der Waals surface area (Å²) in [6.07, 6.45) is 3.32. The first-order chi connectivity index (χ1) is 7.31. The molecule has 15 heavy (non-hydrogen) atoms. The Kier molecular flexibility index (Phi) is 5.19. The summed E-state index contributed by atoms with van der Waals surface area (Å²) in [6, 6.07) is 6.47. The third kappa shape index (κ3) is 3.56. The maximum absolute atomic E-state index is 5.36. The van der Waals surface area contributed by atoms with E-state index in [1.165, 1.54) is 11.1 Å². The Bertz CT molecular complexity index is 297. The summed E-state index contributed by atoms with van der Waals surface area (Å²) in [4.78, 5) is 0. The summed E-state index contributed by atoms with van der Waals surface area (Å²) in [6.45, 7) is 3.23. The lowest BCUT2D eigenvalue weighted by molar-refractivity contribution is 0.409. The van der Waals surface area contributed by atoms with E-state index >= 15 is 0 Å². The molecule has 0 amide bonds. The molecule has 0 spiro atoms. The van der Waals surface area contributed by atoms with Gasteiger partial charge in [-0.2, -0.15) is 0 Å². The molecule has 2 nitrogen and oxygen atoms in total. The second-order valence-electron chi connectivity index (χ2n) is 3.71. The molecule has 0 fully saturated rings. The molecule has 1 aromatic carbocycles. The van der Waals surface area contributed by atoms with Crippen LogP contribution in [-0.4, -0.2) is 20.7 Å². The van der Waals surface area contributed by atoms with Gasteiger partial charge in [-0.15, -0.1) is 0 Å². The zero-order valence-corrected chi connectivity index (χ0v) is 9.97. The SMILES string of the molecule is CCc1ccc(OC)c(CCCNC)c1. The van der Waals surface area contributed by atoms with Crippen LogP contribution in [0, 0.1) is 0 Å². The van der Waals surface area contributed by atoms with E-state index in [4.69, 9.17) is 4.74 Å². The Hall–Kier alpha value is -1.02. The average molecular weight is 207 g/mol. The van der Waals surface area contributed by atoms with Crippen molar-refractivity contribution in [1.29, 1.82) is 0 Å². The Morgan fingerprint density at radius 2 is 2.13 bits per heavy atom. The van der Waals surface area contributed by atoms with Crippen LogP contribution in [0.5, 0.6) is 5.75 Å². The second-order valence-corrected chi connectivity index (χ2v) is 3.71. The normalized spacial score (nSPS) is 10.3. The minimum atomic E-state index is 1.02. The minimum Gasteiger partial charge on any atom is -0.496 e. The lowest BCUT2D eigenvalue weighted by Crippen LogP contribution is -2.08. The Morgan fingerprint density at radius 1 is 1.33 bits per heavy atom. The second kappa shape index (κ2) is 6.46. The largest absolute Gasteiger partial charge is 0.496 e. The van der Waals surface area contributed by atoms with Crippen LogP contribution in [0.1, 0.15) is 24.5 Å². The molecule has 0 bridgehead atoms. The first-order valence-electron chi connectivity index (χ1n) is 5.62. The minimum absolute atomic E-state index is 1.02. The van der Waals surface area contributed by atoms with Crippen LogP contribution in [0.15, 0.2) is 18.2 Å². The fraction of sp³-hybridized carbons (Fsp3) is 0.538. The highest BCUT2D eigenvalue weighted by molar-refractivity contribution is 5.37. The van der Waals surface area contributed by atoms with Crippen LogP contribution >= 0.6 is 0 Å². The highest BCUT2D eigenvalue weighted by atomic mass is 16.5. The van der Waals surface area contributed by atoms with Gasteiger partial charge in [0.25, 0.3) is 0 Å². The average Bonchev–Trinajstić information content (AvgIpc) is 2.29. The van der Waals surface area contributed by atoms with E-state index in [1.54, 1.807) is 7.11 Å². The molecule has 0 aliphatic heterocycles. The Morgan fingerprint density at radius 3 is 2.73 bits per heavy atom. The van der Waals surface area contributed by atoms with Crippen molar-refractivity contribution in [1.82, 2.24) is 5.32 Å². The zero-order valence-electron chi connectivity index (χ0n) is 9.97. The number of aryl methyl sites for hydroxylation is 2. The molecular formula is C13H21NO. The predicted molar refractivity (Wildman–Crippen MR) is 64.6 cm³/mol. The highest BCUT2D eigenvalue weighted by Crippen LogP contribution is 2.21. The summed E-state index contributed by atoms with van der Waals surface area (Å²) in [5.41, 5.74) is 2.71. The number of ether oxygens (including phenoxy) is 1. The molecule has 1 aromatic rings.